The Hall–Kier alpha value is -2.66. The summed E-state index contributed by atoms with van der Waals surface area (Å²) in [5.41, 5.74) is 2.90. The van der Waals surface area contributed by atoms with Gasteiger partial charge in [-0.05, 0) is 24.6 Å². The zero-order valence-electron chi connectivity index (χ0n) is 15.8. The van der Waals surface area contributed by atoms with E-state index in [2.05, 4.69) is 16.0 Å². The van der Waals surface area contributed by atoms with Gasteiger partial charge in [-0.2, -0.15) is 0 Å². The molecule has 1 heterocycles. The highest BCUT2D eigenvalue weighted by atomic mass is 16.2. The number of benzene rings is 2. The van der Waals surface area contributed by atoms with Crippen LogP contribution in [0.25, 0.3) is 0 Å². The Morgan fingerprint density at radius 2 is 1.70 bits per heavy atom. The third-order valence-corrected chi connectivity index (χ3v) is 5.04. The molecule has 0 saturated carbocycles. The van der Waals surface area contributed by atoms with Gasteiger partial charge in [0, 0.05) is 30.9 Å². The van der Waals surface area contributed by atoms with Crippen LogP contribution in [0.15, 0.2) is 54.6 Å². The largest absolute Gasteiger partial charge is 0.346 e. The van der Waals surface area contributed by atoms with E-state index < -0.39 is 6.04 Å². The average molecular weight is 366 g/mol. The van der Waals surface area contributed by atoms with Gasteiger partial charge in [-0.15, -0.1) is 0 Å². The lowest BCUT2D eigenvalue weighted by Crippen LogP contribution is -2.86. The summed E-state index contributed by atoms with van der Waals surface area (Å²) in [5, 5.41) is 8.17. The van der Waals surface area contributed by atoms with E-state index in [0.29, 0.717) is 6.42 Å². The molecule has 27 heavy (non-hydrogen) atoms. The van der Waals surface area contributed by atoms with Gasteiger partial charge in [-0.1, -0.05) is 48.0 Å². The molecule has 1 aliphatic heterocycles. The van der Waals surface area contributed by atoms with Crippen molar-refractivity contribution in [3.8, 4) is 0 Å². The molecule has 0 bridgehead atoms. The third kappa shape index (κ3) is 5.66. The molecule has 2 amide bonds. The first-order chi connectivity index (χ1) is 13.1. The van der Waals surface area contributed by atoms with Crippen LogP contribution in [-0.2, 0) is 16.0 Å². The number of hydrogen-bond donors (Lipinski definition) is 3. The number of quaternary nitrogens is 1. The molecule has 2 aromatic rings. The number of amides is 2. The molecule has 4 N–H and O–H groups in total. The fourth-order valence-electron chi connectivity index (χ4n) is 3.40. The molecular weight excluding hydrogens is 338 g/mol. The normalized spacial score (nSPS) is 15.7. The van der Waals surface area contributed by atoms with Crippen LogP contribution in [0.2, 0.25) is 0 Å². The van der Waals surface area contributed by atoms with E-state index in [9.17, 15) is 9.59 Å². The lowest BCUT2D eigenvalue weighted by Gasteiger charge is -2.24. The zero-order chi connectivity index (χ0) is 19.1. The summed E-state index contributed by atoms with van der Waals surface area (Å²) in [6.07, 6.45) is 2.20. The van der Waals surface area contributed by atoms with E-state index in [1.54, 1.807) is 0 Å². The highest BCUT2D eigenvalue weighted by molar-refractivity contribution is 5.97. The van der Waals surface area contributed by atoms with E-state index in [4.69, 9.17) is 0 Å². The Labute approximate surface area is 160 Å². The summed E-state index contributed by atoms with van der Waals surface area (Å²) < 4.78 is 0. The molecule has 1 fully saturated rings. The van der Waals surface area contributed by atoms with Crippen molar-refractivity contribution in [1.82, 2.24) is 5.32 Å². The van der Waals surface area contributed by atoms with Crippen LogP contribution in [0.3, 0.4) is 0 Å². The highest BCUT2D eigenvalue weighted by Gasteiger charge is 2.28. The summed E-state index contributed by atoms with van der Waals surface area (Å²) in [5.74, 6) is -0.193. The van der Waals surface area contributed by atoms with Crippen molar-refractivity contribution in [2.24, 2.45) is 5.92 Å². The highest BCUT2D eigenvalue weighted by Crippen LogP contribution is 2.13. The van der Waals surface area contributed by atoms with Crippen molar-refractivity contribution in [1.29, 1.82) is 0 Å². The van der Waals surface area contributed by atoms with E-state index >= 15 is 0 Å². The number of nitrogens with one attached hydrogen (secondary N) is 2. The van der Waals surface area contributed by atoms with Crippen LogP contribution in [-0.4, -0.2) is 30.9 Å². The molecule has 142 valence electrons. The second kappa shape index (κ2) is 9.33. The van der Waals surface area contributed by atoms with Gasteiger partial charge in [-0.25, -0.2) is 0 Å². The number of nitrogens with two attached hydrogens (primary N) is 1. The van der Waals surface area contributed by atoms with E-state index in [-0.39, 0.29) is 17.7 Å². The first-order valence-corrected chi connectivity index (χ1v) is 9.65. The molecule has 1 unspecified atom stereocenters. The topological polar surface area (TPSA) is 74.8 Å². The lowest BCUT2D eigenvalue weighted by molar-refractivity contribution is -0.664. The molecule has 0 aromatic heterocycles. The Balaban J connectivity index is 1.70. The second-order valence-corrected chi connectivity index (χ2v) is 7.25. The van der Waals surface area contributed by atoms with Crippen LogP contribution >= 0.6 is 0 Å². The summed E-state index contributed by atoms with van der Waals surface area (Å²) >= 11 is 0. The number of rotatable bonds is 6. The van der Waals surface area contributed by atoms with Crippen LogP contribution in [0.4, 0.5) is 5.69 Å². The van der Waals surface area contributed by atoms with Crippen LogP contribution in [0.1, 0.15) is 24.0 Å². The van der Waals surface area contributed by atoms with Crippen molar-refractivity contribution >= 4 is 17.5 Å². The number of carbonyl (C=O) groups is 2. The second-order valence-electron chi connectivity index (χ2n) is 7.25. The first-order valence-electron chi connectivity index (χ1n) is 9.65. The molecule has 3 rings (SSSR count). The standard InChI is InChI=1S/C22H27N3O2/c1-16-7-9-19(10-8-16)24-22(27)20(15-17-5-3-2-4-6-17)25-21(26)18-11-13-23-14-12-18/h2-10,18,20,23H,11-15H2,1H3,(H,24,27)(H,25,26)/p+1. The van der Waals surface area contributed by atoms with Crippen molar-refractivity contribution in [3.63, 3.8) is 0 Å². The number of aryl methyl sites for hydroxylation is 1. The Bertz CT molecular complexity index is 753. The van der Waals surface area contributed by atoms with Gasteiger partial charge in [0.2, 0.25) is 11.8 Å². The monoisotopic (exact) mass is 366 g/mol. The van der Waals surface area contributed by atoms with Gasteiger partial charge in [0.05, 0.1) is 13.1 Å². The maximum absolute atomic E-state index is 12.9. The van der Waals surface area contributed by atoms with Crippen LogP contribution < -0.4 is 16.0 Å². The smallest absolute Gasteiger partial charge is 0.247 e. The van der Waals surface area contributed by atoms with Crippen molar-refractivity contribution in [2.75, 3.05) is 18.4 Å². The summed E-state index contributed by atoms with van der Waals surface area (Å²) in [4.78, 5) is 25.6. The van der Waals surface area contributed by atoms with Gasteiger partial charge < -0.3 is 16.0 Å². The quantitative estimate of drug-likeness (QED) is 0.727. The van der Waals surface area contributed by atoms with Gasteiger partial charge in [-0.3, -0.25) is 9.59 Å². The Morgan fingerprint density at radius 3 is 2.37 bits per heavy atom. The number of hydrogen-bond acceptors (Lipinski definition) is 2. The number of anilines is 1. The van der Waals surface area contributed by atoms with Crippen molar-refractivity contribution in [3.05, 3.63) is 65.7 Å². The molecule has 0 aliphatic carbocycles. The molecular formula is C22H28N3O2+. The third-order valence-electron chi connectivity index (χ3n) is 5.04. The lowest BCUT2D eigenvalue weighted by atomic mass is 9.96. The Kier molecular flexibility index (Phi) is 6.60. The first kappa shape index (κ1) is 19.1. The molecule has 5 nitrogen and oxygen atoms in total. The zero-order valence-corrected chi connectivity index (χ0v) is 15.8. The van der Waals surface area contributed by atoms with Gasteiger partial charge in [0.1, 0.15) is 6.04 Å². The molecule has 1 aliphatic rings. The molecule has 1 atom stereocenters. The number of piperidine rings is 1. The SMILES string of the molecule is Cc1ccc(NC(=O)C(Cc2ccccc2)NC(=O)C2CC[NH2+]CC2)cc1. The number of carbonyl (C=O) groups excluding carboxylic acids is 2. The molecule has 2 aromatic carbocycles. The van der Waals surface area contributed by atoms with Crippen LogP contribution in [0, 0.1) is 12.8 Å². The average Bonchev–Trinajstić information content (AvgIpc) is 2.70. The summed E-state index contributed by atoms with van der Waals surface area (Å²) in [7, 11) is 0. The minimum Gasteiger partial charge on any atom is -0.346 e. The van der Waals surface area contributed by atoms with E-state index in [1.807, 2.05) is 61.5 Å². The molecule has 1 saturated heterocycles. The molecule has 5 heteroatoms. The van der Waals surface area contributed by atoms with Gasteiger partial charge >= 0.3 is 0 Å². The van der Waals surface area contributed by atoms with Crippen molar-refractivity contribution in [2.45, 2.75) is 32.2 Å². The fourth-order valence-corrected chi connectivity index (χ4v) is 3.40. The minimum atomic E-state index is -0.591. The van der Waals surface area contributed by atoms with E-state index in [0.717, 1.165) is 42.7 Å². The molecule has 0 spiro atoms. The summed E-state index contributed by atoms with van der Waals surface area (Å²) in [6.45, 7) is 3.94. The van der Waals surface area contributed by atoms with E-state index in [1.165, 1.54) is 0 Å². The minimum absolute atomic E-state index is 0.000415. The maximum Gasteiger partial charge on any atom is 0.247 e. The van der Waals surface area contributed by atoms with Crippen molar-refractivity contribution < 1.29 is 14.9 Å². The fraction of sp³-hybridized carbons (Fsp3) is 0.364. The molecule has 0 radical (unpaired) electrons. The Morgan fingerprint density at radius 1 is 1.04 bits per heavy atom. The van der Waals surface area contributed by atoms with Gasteiger partial charge in [0.15, 0.2) is 0 Å². The predicted octanol–water partition coefficient (Wildman–Crippen LogP) is 1.63. The summed E-state index contributed by atoms with van der Waals surface area (Å²) in [6, 6.07) is 16.9. The van der Waals surface area contributed by atoms with Crippen LogP contribution in [0.5, 0.6) is 0 Å². The maximum atomic E-state index is 12.9. The predicted molar refractivity (Wildman–Crippen MR) is 106 cm³/mol. The van der Waals surface area contributed by atoms with Gasteiger partial charge in [0.25, 0.3) is 0 Å².